The molecule has 0 aliphatic carbocycles. The van der Waals surface area contributed by atoms with Crippen molar-refractivity contribution in [3.8, 4) is 0 Å². The second kappa shape index (κ2) is 8.21. The van der Waals surface area contributed by atoms with Crippen molar-refractivity contribution in [1.82, 2.24) is 25.1 Å². The number of nitrogens with one attached hydrogen (secondary N) is 1. The quantitative estimate of drug-likeness (QED) is 0.539. The van der Waals surface area contributed by atoms with E-state index >= 15 is 0 Å². The number of carbonyl (C=O) groups is 1. The van der Waals surface area contributed by atoms with E-state index in [0.29, 0.717) is 41.4 Å². The van der Waals surface area contributed by atoms with Crippen LogP contribution in [0.4, 0.5) is 5.82 Å². The predicted octanol–water partition coefficient (Wildman–Crippen LogP) is 1.35. The standard InChI is InChI=1S/C20H23ClN8O/c1-27-19-16(6-7-17(25-19)28-8-9-29(23)15(10-22)12-28)18(26-27)20(30)24-11-13-2-4-14(21)5-3-13/h2-7,10H,8-9,11-12,22-23H2,1H3,(H,24,30)/b15-10-. The van der Waals surface area contributed by atoms with Gasteiger partial charge in [0, 0.05) is 31.4 Å². The van der Waals surface area contributed by atoms with E-state index in [-0.39, 0.29) is 5.91 Å². The summed E-state index contributed by atoms with van der Waals surface area (Å²) in [6.07, 6.45) is 1.51. The number of aromatic nitrogens is 3. The Labute approximate surface area is 178 Å². The Kier molecular flexibility index (Phi) is 5.47. The Morgan fingerprint density at radius 3 is 2.73 bits per heavy atom. The lowest BCUT2D eigenvalue weighted by molar-refractivity contribution is 0.0947. The van der Waals surface area contributed by atoms with Crippen molar-refractivity contribution in [2.75, 3.05) is 24.5 Å². The molecule has 1 saturated heterocycles. The van der Waals surface area contributed by atoms with Crippen molar-refractivity contribution < 1.29 is 4.79 Å². The maximum atomic E-state index is 12.7. The van der Waals surface area contributed by atoms with Gasteiger partial charge in [-0.1, -0.05) is 23.7 Å². The number of piperazine rings is 1. The molecule has 1 aromatic carbocycles. The summed E-state index contributed by atoms with van der Waals surface area (Å²) in [6, 6.07) is 11.1. The molecule has 0 unspecified atom stereocenters. The van der Waals surface area contributed by atoms with Gasteiger partial charge in [0.15, 0.2) is 11.3 Å². The average Bonchev–Trinajstić information content (AvgIpc) is 3.09. The molecular formula is C20H23ClN8O. The predicted molar refractivity (Wildman–Crippen MR) is 117 cm³/mol. The van der Waals surface area contributed by atoms with Gasteiger partial charge in [0.2, 0.25) is 0 Å². The molecule has 2 aromatic heterocycles. The summed E-state index contributed by atoms with van der Waals surface area (Å²) in [6.45, 7) is 2.32. The minimum absolute atomic E-state index is 0.254. The number of hydrogen-bond acceptors (Lipinski definition) is 7. The smallest absolute Gasteiger partial charge is 0.272 e. The zero-order valence-electron chi connectivity index (χ0n) is 16.5. The second-order valence-electron chi connectivity index (χ2n) is 7.09. The molecule has 1 aliphatic rings. The first-order valence-corrected chi connectivity index (χ1v) is 9.88. The van der Waals surface area contributed by atoms with Crippen LogP contribution in [0.2, 0.25) is 5.02 Å². The van der Waals surface area contributed by atoms with Crippen LogP contribution in [0.15, 0.2) is 48.3 Å². The Morgan fingerprint density at radius 1 is 1.23 bits per heavy atom. The fraction of sp³-hybridized carbons (Fsp3) is 0.250. The number of aryl methyl sites for hydroxylation is 1. The SMILES string of the molecule is Cn1nc(C(=O)NCc2ccc(Cl)cc2)c2ccc(N3CCN(N)/C(=C\N)C3)nc21. The van der Waals surface area contributed by atoms with E-state index < -0.39 is 0 Å². The number of carbonyl (C=O) groups excluding carboxylic acids is 1. The van der Waals surface area contributed by atoms with Crippen LogP contribution in [0, 0.1) is 0 Å². The number of fused-ring (bicyclic) bond motifs is 1. The van der Waals surface area contributed by atoms with Crippen LogP contribution >= 0.6 is 11.6 Å². The van der Waals surface area contributed by atoms with E-state index in [9.17, 15) is 4.79 Å². The molecule has 1 amide bonds. The zero-order valence-corrected chi connectivity index (χ0v) is 17.3. The van der Waals surface area contributed by atoms with Crippen LogP contribution in [0.1, 0.15) is 16.1 Å². The van der Waals surface area contributed by atoms with Crippen LogP contribution in [-0.2, 0) is 13.6 Å². The average molecular weight is 427 g/mol. The summed E-state index contributed by atoms with van der Waals surface area (Å²) >= 11 is 5.90. The molecule has 0 atom stereocenters. The first-order valence-electron chi connectivity index (χ1n) is 9.50. The molecule has 3 aromatic rings. The molecule has 156 valence electrons. The van der Waals surface area contributed by atoms with Crippen LogP contribution in [0.3, 0.4) is 0 Å². The molecule has 5 N–H and O–H groups in total. The van der Waals surface area contributed by atoms with Gasteiger partial charge >= 0.3 is 0 Å². The topological polar surface area (TPSA) is 118 Å². The zero-order chi connectivity index (χ0) is 21.3. The lowest BCUT2D eigenvalue weighted by Crippen LogP contribution is -2.48. The number of pyridine rings is 1. The Balaban J connectivity index is 1.54. The first kappa shape index (κ1) is 20.0. The molecule has 9 nitrogen and oxygen atoms in total. The number of hydrogen-bond donors (Lipinski definition) is 3. The number of nitrogens with two attached hydrogens (primary N) is 2. The molecular weight excluding hydrogens is 404 g/mol. The van der Waals surface area contributed by atoms with Crippen LogP contribution < -0.4 is 21.8 Å². The Morgan fingerprint density at radius 2 is 2.00 bits per heavy atom. The summed E-state index contributed by atoms with van der Waals surface area (Å²) in [7, 11) is 1.78. The minimum Gasteiger partial charge on any atom is -0.403 e. The number of amides is 1. The number of nitrogens with zero attached hydrogens (tertiary/aromatic N) is 5. The molecule has 4 rings (SSSR count). The number of anilines is 1. The van der Waals surface area contributed by atoms with Gasteiger partial charge in [-0.25, -0.2) is 15.5 Å². The summed E-state index contributed by atoms with van der Waals surface area (Å²) < 4.78 is 1.62. The molecule has 1 aliphatic heterocycles. The van der Waals surface area contributed by atoms with Crippen molar-refractivity contribution in [3.05, 3.63) is 64.6 Å². The molecule has 0 spiro atoms. The first-order chi connectivity index (χ1) is 14.5. The highest BCUT2D eigenvalue weighted by molar-refractivity contribution is 6.30. The van der Waals surface area contributed by atoms with Gasteiger partial charge in [0.1, 0.15) is 5.82 Å². The fourth-order valence-corrected chi connectivity index (χ4v) is 3.54. The van der Waals surface area contributed by atoms with E-state index in [1.54, 1.807) is 28.9 Å². The van der Waals surface area contributed by atoms with Gasteiger partial charge in [0.25, 0.3) is 5.91 Å². The number of hydrazine groups is 1. The Hall–Kier alpha value is -3.30. The number of benzene rings is 1. The number of halogens is 1. The number of rotatable bonds is 4. The van der Waals surface area contributed by atoms with Crippen molar-refractivity contribution >= 4 is 34.4 Å². The highest BCUT2D eigenvalue weighted by Crippen LogP contribution is 2.23. The van der Waals surface area contributed by atoms with Gasteiger partial charge < -0.3 is 21.0 Å². The normalized spacial score (nSPS) is 15.8. The summed E-state index contributed by atoms with van der Waals surface area (Å²) in [5.41, 5.74) is 8.43. The molecule has 3 heterocycles. The molecule has 0 radical (unpaired) electrons. The Bertz CT molecular complexity index is 1110. The highest BCUT2D eigenvalue weighted by Gasteiger charge is 2.22. The third-order valence-corrected chi connectivity index (χ3v) is 5.35. The molecule has 0 bridgehead atoms. The van der Waals surface area contributed by atoms with Gasteiger partial charge in [-0.05, 0) is 29.8 Å². The van der Waals surface area contributed by atoms with E-state index in [1.165, 1.54) is 6.20 Å². The lowest BCUT2D eigenvalue weighted by atomic mass is 10.2. The van der Waals surface area contributed by atoms with Gasteiger partial charge in [-0.15, -0.1) is 0 Å². The molecule has 10 heteroatoms. The lowest BCUT2D eigenvalue weighted by Gasteiger charge is -2.35. The summed E-state index contributed by atoms with van der Waals surface area (Å²) in [4.78, 5) is 19.5. The van der Waals surface area contributed by atoms with Crippen LogP contribution in [0.5, 0.6) is 0 Å². The van der Waals surface area contributed by atoms with Crippen molar-refractivity contribution in [2.45, 2.75) is 6.54 Å². The fourth-order valence-electron chi connectivity index (χ4n) is 3.41. The van der Waals surface area contributed by atoms with E-state index in [4.69, 9.17) is 28.2 Å². The maximum absolute atomic E-state index is 12.7. The van der Waals surface area contributed by atoms with E-state index in [0.717, 1.165) is 23.6 Å². The summed E-state index contributed by atoms with van der Waals surface area (Å²) in [5, 5.41) is 10.3. The van der Waals surface area contributed by atoms with Crippen LogP contribution in [-0.4, -0.2) is 45.3 Å². The van der Waals surface area contributed by atoms with E-state index in [1.807, 2.05) is 24.3 Å². The monoisotopic (exact) mass is 426 g/mol. The van der Waals surface area contributed by atoms with Gasteiger partial charge in [0.05, 0.1) is 24.2 Å². The van der Waals surface area contributed by atoms with Gasteiger partial charge in [-0.2, -0.15) is 5.10 Å². The third-order valence-electron chi connectivity index (χ3n) is 5.10. The molecule has 1 fully saturated rings. The molecule has 30 heavy (non-hydrogen) atoms. The third kappa shape index (κ3) is 3.89. The minimum atomic E-state index is -0.254. The second-order valence-corrected chi connectivity index (χ2v) is 7.53. The largest absolute Gasteiger partial charge is 0.403 e. The maximum Gasteiger partial charge on any atom is 0.272 e. The molecule has 0 saturated carbocycles. The van der Waals surface area contributed by atoms with Crippen molar-refractivity contribution in [3.63, 3.8) is 0 Å². The van der Waals surface area contributed by atoms with E-state index in [2.05, 4.69) is 15.3 Å². The van der Waals surface area contributed by atoms with Crippen molar-refractivity contribution in [1.29, 1.82) is 0 Å². The van der Waals surface area contributed by atoms with Crippen molar-refractivity contribution in [2.24, 2.45) is 18.6 Å². The van der Waals surface area contributed by atoms with Crippen LogP contribution in [0.25, 0.3) is 11.0 Å². The van der Waals surface area contributed by atoms with Gasteiger partial charge in [-0.3, -0.25) is 4.79 Å². The summed E-state index contributed by atoms with van der Waals surface area (Å²) in [5.74, 6) is 6.46. The highest BCUT2D eigenvalue weighted by atomic mass is 35.5.